The Morgan fingerprint density at radius 3 is 2.39 bits per heavy atom. The molecule has 0 saturated heterocycles. The minimum atomic E-state index is -0.307. The first kappa shape index (κ1) is 22.6. The van der Waals surface area contributed by atoms with E-state index in [1.807, 2.05) is 31.4 Å². The summed E-state index contributed by atoms with van der Waals surface area (Å²) < 4.78 is 1.87. The molecular formula is C23H27N5O2S. The molecule has 1 aromatic heterocycles. The average molecular weight is 438 g/mol. The lowest BCUT2D eigenvalue weighted by molar-refractivity contribution is -0.113. The van der Waals surface area contributed by atoms with E-state index in [0.717, 1.165) is 5.69 Å². The molecule has 0 bridgehead atoms. The van der Waals surface area contributed by atoms with Crippen LogP contribution in [-0.4, -0.2) is 37.9 Å². The molecule has 0 aliphatic rings. The van der Waals surface area contributed by atoms with Gasteiger partial charge in [-0.3, -0.25) is 14.2 Å². The number of carbonyl (C=O) groups is 2. The standard InChI is InChI=1S/C23H27N5O2S/c1-15-6-11-19(12-16(15)2)28-14-24-27-22(28)31-13-20(29)25-18-9-7-17(8-10-18)21(30)26-23(3,4)5/h6-12,14H,13H2,1-5H3,(H,25,29)(H,26,30). The molecule has 2 amide bonds. The summed E-state index contributed by atoms with van der Waals surface area (Å²) in [5, 5.41) is 14.5. The monoisotopic (exact) mass is 437 g/mol. The Bertz CT molecular complexity index is 1080. The summed E-state index contributed by atoms with van der Waals surface area (Å²) in [6, 6.07) is 13.0. The molecule has 1 heterocycles. The average Bonchev–Trinajstić information content (AvgIpc) is 3.16. The van der Waals surface area contributed by atoms with Gasteiger partial charge < -0.3 is 10.6 Å². The summed E-state index contributed by atoms with van der Waals surface area (Å²) in [6.45, 7) is 9.91. The van der Waals surface area contributed by atoms with Gasteiger partial charge in [0, 0.05) is 22.5 Å². The molecule has 31 heavy (non-hydrogen) atoms. The molecule has 3 aromatic rings. The Kier molecular flexibility index (Phi) is 6.80. The van der Waals surface area contributed by atoms with Crippen molar-refractivity contribution < 1.29 is 9.59 Å². The minimum absolute atomic E-state index is 0.147. The van der Waals surface area contributed by atoms with Crippen molar-refractivity contribution in [1.29, 1.82) is 0 Å². The van der Waals surface area contributed by atoms with E-state index in [2.05, 4.69) is 46.8 Å². The number of aryl methyl sites for hydroxylation is 2. The summed E-state index contributed by atoms with van der Waals surface area (Å²) in [4.78, 5) is 24.6. The zero-order valence-corrected chi connectivity index (χ0v) is 19.2. The van der Waals surface area contributed by atoms with Crippen LogP contribution in [-0.2, 0) is 4.79 Å². The maximum absolute atomic E-state index is 12.4. The largest absolute Gasteiger partial charge is 0.347 e. The molecule has 162 valence electrons. The Hall–Kier alpha value is -3.13. The summed E-state index contributed by atoms with van der Waals surface area (Å²) in [6.07, 6.45) is 1.64. The van der Waals surface area contributed by atoms with Crippen LogP contribution in [0.1, 0.15) is 42.3 Å². The van der Waals surface area contributed by atoms with Crippen LogP contribution < -0.4 is 10.6 Å². The van der Waals surface area contributed by atoms with Gasteiger partial charge in [-0.05, 0) is 82.1 Å². The second-order valence-electron chi connectivity index (χ2n) is 8.37. The number of hydrogen-bond donors (Lipinski definition) is 2. The number of benzene rings is 2. The zero-order chi connectivity index (χ0) is 22.6. The fourth-order valence-electron chi connectivity index (χ4n) is 2.82. The van der Waals surface area contributed by atoms with E-state index in [1.165, 1.54) is 22.9 Å². The normalized spacial score (nSPS) is 11.3. The van der Waals surface area contributed by atoms with Gasteiger partial charge in [0.25, 0.3) is 5.91 Å². The first-order chi connectivity index (χ1) is 14.6. The van der Waals surface area contributed by atoms with E-state index < -0.39 is 0 Å². The highest BCUT2D eigenvalue weighted by atomic mass is 32.2. The van der Waals surface area contributed by atoms with Crippen molar-refractivity contribution >= 4 is 29.3 Å². The van der Waals surface area contributed by atoms with Gasteiger partial charge in [0.05, 0.1) is 5.75 Å². The molecule has 2 N–H and O–H groups in total. The fraction of sp³-hybridized carbons (Fsp3) is 0.304. The van der Waals surface area contributed by atoms with Gasteiger partial charge in [-0.15, -0.1) is 10.2 Å². The minimum Gasteiger partial charge on any atom is -0.347 e. The Balaban J connectivity index is 1.58. The molecule has 0 radical (unpaired) electrons. The van der Waals surface area contributed by atoms with Gasteiger partial charge in [0.15, 0.2) is 5.16 Å². The van der Waals surface area contributed by atoms with E-state index in [9.17, 15) is 9.59 Å². The molecule has 7 nitrogen and oxygen atoms in total. The highest BCUT2D eigenvalue weighted by molar-refractivity contribution is 7.99. The number of rotatable bonds is 6. The highest BCUT2D eigenvalue weighted by Crippen LogP contribution is 2.21. The lowest BCUT2D eigenvalue weighted by Gasteiger charge is -2.20. The first-order valence-electron chi connectivity index (χ1n) is 9.95. The molecule has 0 aliphatic carbocycles. The number of nitrogens with zero attached hydrogens (tertiary/aromatic N) is 3. The quantitative estimate of drug-likeness (QED) is 0.566. The van der Waals surface area contributed by atoms with Crippen molar-refractivity contribution in [2.75, 3.05) is 11.1 Å². The SMILES string of the molecule is Cc1ccc(-n2cnnc2SCC(=O)Nc2ccc(C(=O)NC(C)(C)C)cc2)cc1C. The van der Waals surface area contributed by atoms with Crippen molar-refractivity contribution in [3.8, 4) is 5.69 Å². The fourth-order valence-corrected chi connectivity index (χ4v) is 3.55. The van der Waals surface area contributed by atoms with Crippen molar-refractivity contribution in [2.24, 2.45) is 0 Å². The summed E-state index contributed by atoms with van der Waals surface area (Å²) in [7, 11) is 0. The van der Waals surface area contributed by atoms with Crippen LogP contribution in [0, 0.1) is 13.8 Å². The molecule has 0 fully saturated rings. The van der Waals surface area contributed by atoms with Crippen LogP contribution in [0.2, 0.25) is 0 Å². The van der Waals surface area contributed by atoms with Crippen LogP contribution >= 0.6 is 11.8 Å². The third-order valence-electron chi connectivity index (χ3n) is 4.54. The third-order valence-corrected chi connectivity index (χ3v) is 5.48. The summed E-state index contributed by atoms with van der Waals surface area (Å²) in [5.74, 6) is -0.117. The number of nitrogens with one attached hydrogen (secondary N) is 2. The molecule has 2 aromatic carbocycles. The van der Waals surface area contributed by atoms with E-state index in [0.29, 0.717) is 16.4 Å². The number of carbonyl (C=O) groups excluding carboxylic acids is 2. The molecule has 0 unspecified atom stereocenters. The predicted octanol–water partition coefficient (Wildman–Crippen LogP) is 4.14. The van der Waals surface area contributed by atoms with E-state index >= 15 is 0 Å². The van der Waals surface area contributed by atoms with E-state index in [4.69, 9.17) is 0 Å². The molecule has 0 atom stereocenters. The van der Waals surface area contributed by atoms with Gasteiger partial charge in [-0.25, -0.2) is 0 Å². The van der Waals surface area contributed by atoms with Gasteiger partial charge >= 0.3 is 0 Å². The zero-order valence-electron chi connectivity index (χ0n) is 18.4. The number of hydrogen-bond acceptors (Lipinski definition) is 5. The smallest absolute Gasteiger partial charge is 0.251 e. The van der Waals surface area contributed by atoms with E-state index in [-0.39, 0.29) is 23.1 Å². The first-order valence-corrected chi connectivity index (χ1v) is 10.9. The maximum Gasteiger partial charge on any atom is 0.251 e. The number of amides is 2. The van der Waals surface area contributed by atoms with Crippen molar-refractivity contribution in [1.82, 2.24) is 20.1 Å². The van der Waals surface area contributed by atoms with Crippen LogP contribution in [0.25, 0.3) is 5.69 Å². The van der Waals surface area contributed by atoms with Crippen molar-refractivity contribution in [3.05, 3.63) is 65.5 Å². The number of aromatic nitrogens is 3. The van der Waals surface area contributed by atoms with Crippen LogP contribution in [0.5, 0.6) is 0 Å². The second kappa shape index (κ2) is 9.34. The maximum atomic E-state index is 12.4. The lowest BCUT2D eigenvalue weighted by atomic mass is 10.1. The Morgan fingerprint density at radius 2 is 1.74 bits per heavy atom. The van der Waals surface area contributed by atoms with Gasteiger partial charge in [0.1, 0.15) is 6.33 Å². The Morgan fingerprint density at radius 1 is 1.03 bits per heavy atom. The second-order valence-corrected chi connectivity index (χ2v) is 9.31. The molecular weight excluding hydrogens is 410 g/mol. The van der Waals surface area contributed by atoms with Gasteiger partial charge in [-0.1, -0.05) is 17.8 Å². The molecule has 0 spiro atoms. The highest BCUT2D eigenvalue weighted by Gasteiger charge is 2.15. The number of anilines is 1. The topological polar surface area (TPSA) is 88.9 Å². The Labute approximate surface area is 186 Å². The van der Waals surface area contributed by atoms with Crippen LogP contribution in [0.4, 0.5) is 5.69 Å². The van der Waals surface area contributed by atoms with E-state index in [1.54, 1.807) is 30.6 Å². The third kappa shape index (κ3) is 6.18. The molecule has 3 rings (SSSR count). The van der Waals surface area contributed by atoms with Gasteiger partial charge in [0.2, 0.25) is 5.91 Å². The van der Waals surface area contributed by atoms with Crippen LogP contribution in [0.15, 0.2) is 53.9 Å². The lowest BCUT2D eigenvalue weighted by Crippen LogP contribution is -2.40. The molecule has 0 saturated carbocycles. The van der Waals surface area contributed by atoms with Crippen molar-refractivity contribution in [2.45, 2.75) is 45.3 Å². The molecule has 8 heteroatoms. The summed E-state index contributed by atoms with van der Waals surface area (Å²) >= 11 is 1.31. The molecule has 0 aliphatic heterocycles. The van der Waals surface area contributed by atoms with Gasteiger partial charge in [-0.2, -0.15) is 0 Å². The van der Waals surface area contributed by atoms with Crippen molar-refractivity contribution in [3.63, 3.8) is 0 Å². The summed E-state index contributed by atoms with van der Waals surface area (Å²) in [5.41, 5.74) is 4.23. The van der Waals surface area contributed by atoms with Crippen LogP contribution in [0.3, 0.4) is 0 Å². The number of thioether (sulfide) groups is 1. The predicted molar refractivity (Wildman–Crippen MR) is 124 cm³/mol.